The summed E-state index contributed by atoms with van der Waals surface area (Å²) in [4.78, 5) is 25.7. The first-order chi connectivity index (χ1) is 9.08. The maximum Gasteiger partial charge on any atom is 0.290 e. The predicted molar refractivity (Wildman–Crippen MR) is 68.3 cm³/mol. The highest BCUT2D eigenvalue weighted by Gasteiger charge is 2.16. The van der Waals surface area contributed by atoms with Crippen LogP contribution in [0.1, 0.15) is 6.42 Å². The second-order valence-electron chi connectivity index (χ2n) is 3.92. The van der Waals surface area contributed by atoms with Crippen LogP contribution in [0.3, 0.4) is 0 Å². The van der Waals surface area contributed by atoms with E-state index in [1.807, 2.05) is 0 Å². The van der Waals surface area contributed by atoms with E-state index in [0.717, 1.165) is 12.5 Å². The van der Waals surface area contributed by atoms with Crippen LogP contribution >= 0.6 is 0 Å². The Kier molecular flexibility index (Phi) is 3.60. The van der Waals surface area contributed by atoms with Gasteiger partial charge in [-0.3, -0.25) is 19.9 Å². The zero-order valence-corrected chi connectivity index (χ0v) is 9.92. The van der Waals surface area contributed by atoms with Crippen molar-refractivity contribution in [3.8, 4) is 5.75 Å². The number of phenols is 1. The maximum absolute atomic E-state index is 11.8. The molecule has 8 heteroatoms. The van der Waals surface area contributed by atoms with E-state index in [1.165, 1.54) is 12.1 Å². The molecule has 0 aromatic heterocycles. The summed E-state index contributed by atoms with van der Waals surface area (Å²) in [6.07, 6.45) is 0.861. The van der Waals surface area contributed by atoms with Crippen molar-refractivity contribution in [3.05, 3.63) is 28.3 Å². The molecule has 0 bridgehead atoms. The number of nitro groups is 1. The van der Waals surface area contributed by atoms with E-state index in [-0.39, 0.29) is 23.0 Å². The number of nitro benzene ring substituents is 1. The molecule has 0 spiro atoms. The molecule has 2 rings (SSSR count). The Bertz CT molecular complexity index is 556. The highest BCUT2D eigenvalue weighted by molar-refractivity contribution is 6.42. The van der Waals surface area contributed by atoms with Crippen molar-refractivity contribution in [1.29, 1.82) is 0 Å². The van der Waals surface area contributed by atoms with Crippen LogP contribution in [0.15, 0.2) is 23.2 Å². The van der Waals surface area contributed by atoms with Gasteiger partial charge in [-0.05, 0) is 12.5 Å². The zero-order chi connectivity index (χ0) is 13.8. The van der Waals surface area contributed by atoms with Crippen LogP contribution in [-0.4, -0.2) is 34.9 Å². The lowest BCUT2D eigenvalue weighted by Crippen LogP contribution is -2.39. The van der Waals surface area contributed by atoms with Gasteiger partial charge in [0.1, 0.15) is 5.75 Å². The number of aliphatic imine (C=N–C) groups is 1. The van der Waals surface area contributed by atoms with E-state index in [1.54, 1.807) is 0 Å². The third-order valence-electron chi connectivity index (χ3n) is 2.55. The van der Waals surface area contributed by atoms with Gasteiger partial charge < -0.3 is 15.7 Å². The Labute approximate surface area is 108 Å². The first-order valence-electron chi connectivity index (χ1n) is 5.65. The molecule has 3 N–H and O–H groups in total. The normalized spacial score (nSPS) is 14.2. The van der Waals surface area contributed by atoms with Gasteiger partial charge >= 0.3 is 0 Å². The van der Waals surface area contributed by atoms with Crippen molar-refractivity contribution in [1.82, 2.24) is 5.32 Å². The standard InChI is InChI=1S/C11H12N4O4/c16-9-6-7(15(18)19)2-3-8(9)14-11(17)10-12-4-1-5-13-10/h2-3,6,16H,1,4-5H2,(H,12,13)(H,14,17). The van der Waals surface area contributed by atoms with Crippen LogP contribution < -0.4 is 10.6 Å². The van der Waals surface area contributed by atoms with Crippen molar-refractivity contribution >= 4 is 23.1 Å². The van der Waals surface area contributed by atoms with E-state index < -0.39 is 10.8 Å². The maximum atomic E-state index is 11.8. The molecule has 0 aliphatic carbocycles. The van der Waals surface area contributed by atoms with Crippen molar-refractivity contribution < 1.29 is 14.8 Å². The average Bonchev–Trinajstić information content (AvgIpc) is 2.41. The largest absolute Gasteiger partial charge is 0.506 e. The minimum absolute atomic E-state index is 0.102. The van der Waals surface area contributed by atoms with Crippen LogP contribution in [0.5, 0.6) is 5.75 Å². The summed E-state index contributed by atoms with van der Waals surface area (Å²) in [6, 6.07) is 3.45. The van der Waals surface area contributed by atoms with Gasteiger partial charge in [0.25, 0.3) is 11.6 Å². The molecule has 1 aromatic carbocycles. The van der Waals surface area contributed by atoms with Crippen molar-refractivity contribution in [3.63, 3.8) is 0 Å². The van der Waals surface area contributed by atoms with Crippen molar-refractivity contribution in [2.24, 2.45) is 4.99 Å². The quantitative estimate of drug-likeness (QED) is 0.420. The van der Waals surface area contributed by atoms with Gasteiger partial charge in [0, 0.05) is 19.2 Å². The minimum Gasteiger partial charge on any atom is -0.506 e. The van der Waals surface area contributed by atoms with Gasteiger partial charge in [0.05, 0.1) is 16.7 Å². The van der Waals surface area contributed by atoms with Crippen LogP contribution in [0.25, 0.3) is 0 Å². The third kappa shape index (κ3) is 2.97. The summed E-state index contributed by atoms with van der Waals surface area (Å²) >= 11 is 0. The summed E-state index contributed by atoms with van der Waals surface area (Å²) in [5.74, 6) is -0.646. The van der Waals surface area contributed by atoms with Gasteiger partial charge in [-0.25, -0.2) is 0 Å². The molecule has 1 aliphatic heterocycles. The number of nitrogens with zero attached hydrogens (tertiary/aromatic N) is 2. The third-order valence-corrected chi connectivity index (χ3v) is 2.55. The average molecular weight is 264 g/mol. The zero-order valence-electron chi connectivity index (χ0n) is 9.92. The molecular weight excluding hydrogens is 252 g/mol. The summed E-state index contributed by atoms with van der Waals surface area (Å²) in [5.41, 5.74) is -0.144. The molecule has 0 fully saturated rings. The van der Waals surface area contributed by atoms with Gasteiger partial charge in [0.2, 0.25) is 0 Å². The fourth-order valence-corrected chi connectivity index (χ4v) is 1.61. The number of nitrogens with one attached hydrogen (secondary N) is 2. The van der Waals surface area contributed by atoms with Crippen LogP contribution in [0.4, 0.5) is 11.4 Å². The second-order valence-corrected chi connectivity index (χ2v) is 3.92. The number of carbonyl (C=O) groups is 1. The Morgan fingerprint density at radius 2 is 2.32 bits per heavy atom. The number of benzene rings is 1. The molecule has 0 saturated carbocycles. The number of aromatic hydroxyl groups is 1. The molecule has 1 aliphatic rings. The van der Waals surface area contributed by atoms with Crippen LogP contribution in [-0.2, 0) is 4.79 Å². The molecule has 0 radical (unpaired) electrons. The number of carbonyl (C=O) groups excluding carboxylic acids is 1. The molecule has 1 amide bonds. The molecular formula is C11H12N4O4. The number of amides is 1. The number of non-ortho nitro benzene ring substituents is 1. The second kappa shape index (κ2) is 5.34. The van der Waals surface area contributed by atoms with Gasteiger partial charge in [-0.15, -0.1) is 0 Å². The molecule has 1 heterocycles. The summed E-state index contributed by atoms with van der Waals surface area (Å²) in [5, 5.41) is 25.4. The Hall–Kier alpha value is -2.64. The van der Waals surface area contributed by atoms with E-state index in [9.17, 15) is 20.0 Å². The van der Waals surface area contributed by atoms with Crippen LogP contribution in [0.2, 0.25) is 0 Å². The fourth-order valence-electron chi connectivity index (χ4n) is 1.61. The topological polar surface area (TPSA) is 117 Å². The lowest BCUT2D eigenvalue weighted by Gasteiger charge is -2.14. The number of phenolic OH excluding ortho intramolecular Hbond substituents is 1. The smallest absolute Gasteiger partial charge is 0.290 e. The minimum atomic E-state index is -0.627. The number of hydrogen-bond donors (Lipinski definition) is 3. The Balaban J connectivity index is 2.13. The Morgan fingerprint density at radius 3 is 2.89 bits per heavy atom. The molecule has 0 saturated heterocycles. The van der Waals surface area contributed by atoms with Crippen LogP contribution in [0, 0.1) is 10.1 Å². The molecule has 8 nitrogen and oxygen atoms in total. The Morgan fingerprint density at radius 1 is 1.53 bits per heavy atom. The number of rotatable bonds is 3. The fraction of sp³-hybridized carbons (Fsp3) is 0.273. The summed E-state index contributed by atoms with van der Waals surface area (Å²) in [6.45, 7) is 1.24. The highest BCUT2D eigenvalue weighted by atomic mass is 16.6. The van der Waals surface area contributed by atoms with Gasteiger partial charge in [-0.1, -0.05) is 0 Å². The van der Waals surface area contributed by atoms with E-state index >= 15 is 0 Å². The van der Waals surface area contributed by atoms with E-state index in [4.69, 9.17) is 0 Å². The lowest BCUT2D eigenvalue weighted by molar-refractivity contribution is -0.384. The first kappa shape index (κ1) is 12.8. The van der Waals surface area contributed by atoms with Crippen molar-refractivity contribution in [2.75, 3.05) is 18.4 Å². The lowest BCUT2D eigenvalue weighted by atomic mass is 10.2. The summed E-state index contributed by atoms with van der Waals surface area (Å²) < 4.78 is 0. The number of hydrogen-bond acceptors (Lipinski definition) is 6. The molecule has 0 atom stereocenters. The SMILES string of the molecule is O=C(Nc1ccc([N+](=O)[O-])cc1O)C1=NCCCN1. The molecule has 100 valence electrons. The first-order valence-corrected chi connectivity index (χ1v) is 5.65. The molecule has 19 heavy (non-hydrogen) atoms. The van der Waals surface area contributed by atoms with Gasteiger partial charge in [-0.2, -0.15) is 0 Å². The number of anilines is 1. The van der Waals surface area contributed by atoms with Crippen molar-refractivity contribution in [2.45, 2.75) is 6.42 Å². The summed E-state index contributed by atoms with van der Waals surface area (Å²) in [7, 11) is 0. The molecule has 1 aromatic rings. The van der Waals surface area contributed by atoms with E-state index in [0.29, 0.717) is 13.1 Å². The molecule has 0 unspecified atom stereocenters. The van der Waals surface area contributed by atoms with Gasteiger partial charge in [0.15, 0.2) is 5.84 Å². The monoisotopic (exact) mass is 264 g/mol. The highest BCUT2D eigenvalue weighted by Crippen LogP contribution is 2.27. The number of amidine groups is 1. The predicted octanol–water partition coefficient (Wildman–Crippen LogP) is 0.631. The van der Waals surface area contributed by atoms with E-state index in [2.05, 4.69) is 15.6 Å².